The standard InChI is InChI=1S/C12H24O11.C4H10O/c13-1-4(16)7(18)11(5(17)2-14)23-12-10(21)9(20)8(19)6(3-15)22-12;1-3-5-4-2/h4-21H,1-3H2;3-4H2,1-2H3/t4-,5+,6+,7+,8-,9-,10+,11+,12-;/m0./s1. The van der Waals surface area contributed by atoms with Crippen molar-refractivity contribution in [2.45, 2.75) is 69.0 Å². The first kappa shape index (κ1) is 27.5. The molecule has 0 aromatic carbocycles. The van der Waals surface area contributed by atoms with Crippen LogP contribution in [0.4, 0.5) is 0 Å². The normalized spacial score (nSPS) is 32.0. The maximum Gasteiger partial charge on any atom is 0.187 e. The van der Waals surface area contributed by atoms with Gasteiger partial charge in [-0.2, -0.15) is 0 Å². The molecule has 0 amide bonds. The van der Waals surface area contributed by atoms with E-state index in [1.807, 2.05) is 13.8 Å². The van der Waals surface area contributed by atoms with Gasteiger partial charge in [0.15, 0.2) is 6.29 Å². The lowest BCUT2D eigenvalue weighted by Crippen LogP contribution is -2.61. The molecule has 0 spiro atoms. The predicted octanol–water partition coefficient (Wildman–Crippen LogP) is -4.72. The van der Waals surface area contributed by atoms with Crippen molar-refractivity contribution in [3.8, 4) is 0 Å². The summed E-state index contributed by atoms with van der Waals surface area (Å²) in [6.07, 6.45) is -15.1. The Kier molecular flexibility index (Phi) is 14.2. The first-order valence-corrected chi connectivity index (χ1v) is 8.99. The van der Waals surface area contributed by atoms with E-state index in [4.69, 9.17) is 29.5 Å². The maximum absolute atomic E-state index is 9.83. The van der Waals surface area contributed by atoms with Crippen LogP contribution in [0.1, 0.15) is 13.8 Å². The van der Waals surface area contributed by atoms with Crippen molar-refractivity contribution in [3.05, 3.63) is 0 Å². The van der Waals surface area contributed by atoms with Crippen LogP contribution in [0.5, 0.6) is 0 Å². The zero-order chi connectivity index (χ0) is 21.9. The van der Waals surface area contributed by atoms with Gasteiger partial charge in [0.25, 0.3) is 0 Å². The highest BCUT2D eigenvalue weighted by Gasteiger charge is 2.46. The molecule has 1 fully saturated rings. The summed E-state index contributed by atoms with van der Waals surface area (Å²) in [6, 6.07) is 0. The van der Waals surface area contributed by atoms with Gasteiger partial charge in [-0.05, 0) is 13.8 Å². The van der Waals surface area contributed by atoms with Crippen LogP contribution in [0.3, 0.4) is 0 Å². The lowest BCUT2D eigenvalue weighted by Gasteiger charge is -2.42. The lowest BCUT2D eigenvalue weighted by molar-refractivity contribution is -0.327. The molecule has 1 heterocycles. The fraction of sp³-hybridized carbons (Fsp3) is 1.00. The van der Waals surface area contributed by atoms with E-state index >= 15 is 0 Å². The first-order chi connectivity index (χ1) is 13.2. The molecule has 0 radical (unpaired) electrons. The van der Waals surface area contributed by atoms with E-state index < -0.39 is 74.9 Å². The van der Waals surface area contributed by atoms with Crippen molar-refractivity contribution in [1.29, 1.82) is 0 Å². The van der Waals surface area contributed by atoms with Crippen LogP contribution in [0.2, 0.25) is 0 Å². The molecular formula is C16H34O12. The SMILES string of the molecule is CCOCC.OC[C@@H](O)[C@@H](O[C@@H]1O[C@H](CO)[C@H](O)[C@H](O)[C@H]1O)[C@H](O)[C@@H](O)CO. The van der Waals surface area contributed by atoms with Crippen molar-refractivity contribution in [1.82, 2.24) is 0 Å². The summed E-state index contributed by atoms with van der Waals surface area (Å²) in [4.78, 5) is 0. The average Bonchev–Trinajstić information content (AvgIpc) is 2.71. The molecule has 0 unspecified atom stereocenters. The Morgan fingerprint density at radius 3 is 1.75 bits per heavy atom. The highest BCUT2D eigenvalue weighted by atomic mass is 16.7. The summed E-state index contributed by atoms with van der Waals surface area (Å²) in [5.74, 6) is 0. The van der Waals surface area contributed by atoms with Gasteiger partial charge in [0, 0.05) is 13.2 Å². The van der Waals surface area contributed by atoms with Crippen molar-refractivity contribution in [2.24, 2.45) is 0 Å². The number of rotatable bonds is 10. The lowest BCUT2D eigenvalue weighted by atomic mass is 9.98. The fourth-order valence-corrected chi connectivity index (χ4v) is 2.37. The molecule has 0 bridgehead atoms. The van der Waals surface area contributed by atoms with Gasteiger partial charge in [-0.1, -0.05) is 0 Å². The molecule has 12 nitrogen and oxygen atoms in total. The largest absolute Gasteiger partial charge is 0.394 e. The van der Waals surface area contributed by atoms with Crippen LogP contribution in [0.25, 0.3) is 0 Å². The molecule has 28 heavy (non-hydrogen) atoms. The molecule has 9 atom stereocenters. The van der Waals surface area contributed by atoms with E-state index in [2.05, 4.69) is 0 Å². The van der Waals surface area contributed by atoms with Crippen LogP contribution < -0.4 is 0 Å². The van der Waals surface area contributed by atoms with Gasteiger partial charge < -0.3 is 60.2 Å². The summed E-state index contributed by atoms with van der Waals surface area (Å²) in [6.45, 7) is 3.21. The molecule has 9 N–H and O–H groups in total. The molecular weight excluding hydrogens is 384 g/mol. The number of hydrogen-bond donors (Lipinski definition) is 9. The Morgan fingerprint density at radius 1 is 0.821 bits per heavy atom. The van der Waals surface area contributed by atoms with Gasteiger partial charge in [-0.15, -0.1) is 0 Å². The second kappa shape index (κ2) is 14.5. The maximum atomic E-state index is 9.83. The Balaban J connectivity index is 0.00000129. The quantitative estimate of drug-likeness (QED) is 0.164. The highest BCUT2D eigenvalue weighted by Crippen LogP contribution is 2.24. The predicted molar refractivity (Wildman–Crippen MR) is 93.0 cm³/mol. The Bertz CT molecular complexity index is 383. The molecule has 1 aliphatic heterocycles. The average molecular weight is 418 g/mol. The van der Waals surface area contributed by atoms with E-state index in [-0.39, 0.29) is 0 Å². The van der Waals surface area contributed by atoms with Gasteiger partial charge in [0.05, 0.1) is 19.8 Å². The number of aliphatic hydroxyl groups excluding tert-OH is 9. The van der Waals surface area contributed by atoms with Crippen LogP contribution in [-0.2, 0) is 14.2 Å². The second-order valence-corrected chi connectivity index (χ2v) is 6.07. The van der Waals surface area contributed by atoms with Crippen LogP contribution in [0.15, 0.2) is 0 Å². The third-order valence-electron chi connectivity index (χ3n) is 4.03. The summed E-state index contributed by atoms with van der Waals surface area (Å²) >= 11 is 0. The van der Waals surface area contributed by atoms with Crippen molar-refractivity contribution in [3.63, 3.8) is 0 Å². The fourth-order valence-electron chi connectivity index (χ4n) is 2.37. The highest BCUT2D eigenvalue weighted by molar-refractivity contribution is 4.91. The molecule has 1 rings (SSSR count). The monoisotopic (exact) mass is 418 g/mol. The molecule has 1 aliphatic rings. The number of ether oxygens (including phenoxy) is 3. The van der Waals surface area contributed by atoms with Gasteiger partial charge in [0.1, 0.15) is 48.8 Å². The summed E-state index contributed by atoms with van der Waals surface area (Å²) in [5, 5.41) is 84.9. The summed E-state index contributed by atoms with van der Waals surface area (Å²) in [7, 11) is 0. The Morgan fingerprint density at radius 2 is 1.36 bits per heavy atom. The summed E-state index contributed by atoms with van der Waals surface area (Å²) in [5.41, 5.74) is 0. The Hall–Kier alpha value is -0.480. The first-order valence-electron chi connectivity index (χ1n) is 8.99. The van der Waals surface area contributed by atoms with Crippen molar-refractivity contribution < 1.29 is 60.2 Å². The van der Waals surface area contributed by atoms with Crippen LogP contribution in [-0.4, -0.2) is 134 Å². The van der Waals surface area contributed by atoms with Gasteiger partial charge >= 0.3 is 0 Å². The van der Waals surface area contributed by atoms with E-state index in [1.165, 1.54) is 0 Å². The Labute approximate surface area is 163 Å². The molecule has 0 aromatic rings. The topological polar surface area (TPSA) is 210 Å². The van der Waals surface area contributed by atoms with Crippen molar-refractivity contribution >= 4 is 0 Å². The minimum Gasteiger partial charge on any atom is -0.394 e. The van der Waals surface area contributed by atoms with E-state index in [0.29, 0.717) is 0 Å². The zero-order valence-electron chi connectivity index (χ0n) is 16.0. The minimum absolute atomic E-state index is 0.708. The van der Waals surface area contributed by atoms with E-state index in [9.17, 15) is 30.6 Å². The number of hydrogen-bond acceptors (Lipinski definition) is 12. The summed E-state index contributed by atoms with van der Waals surface area (Å²) < 4.78 is 15.0. The number of aliphatic hydroxyl groups is 9. The molecule has 0 saturated carbocycles. The zero-order valence-corrected chi connectivity index (χ0v) is 16.0. The smallest absolute Gasteiger partial charge is 0.187 e. The molecule has 12 heteroatoms. The van der Waals surface area contributed by atoms with Gasteiger partial charge in [-0.3, -0.25) is 0 Å². The van der Waals surface area contributed by atoms with Gasteiger partial charge in [0.2, 0.25) is 0 Å². The third-order valence-corrected chi connectivity index (χ3v) is 4.03. The van der Waals surface area contributed by atoms with Gasteiger partial charge in [-0.25, -0.2) is 0 Å². The molecule has 170 valence electrons. The minimum atomic E-state index is -1.85. The molecule has 0 aromatic heterocycles. The van der Waals surface area contributed by atoms with Crippen LogP contribution >= 0.6 is 0 Å². The van der Waals surface area contributed by atoms with Crippen LogP contribution in [0, 0.1) is 0 Å². The molecule has 1 saturated heterocycles. The van der Waals surface area contributed by atoms with E-state index in [1.54, 1.807) is 0 Å². The molecule has 0 aliphatic carbocycles. The third kappa shape index (κ3) is 8.10. The van der Waals surface area contributed by atoms with E-state index in [0.717, 1.165) is 13.2 Å². The van der Waals surface area contributed by atoms with Crippen molar-refractivity contribution in [2.75, 3.05) is 33.0 Å². The second-order valence-electron chi connectivity index (χ2n) is 6.07.